The van der Waals surface area contributed by atoms with Gasteiger partial charge in [-0.25, -0.2) is 9.97 Å². The number of aromatic nitrogens is 3. The topological polar surface area (TPSA) is 70.2 Å². The van der Waals surface area contributed by atoms with E-state index in [9.17, 15) is 5.26 Å². The molecule has 0 unspecified atom stereocenters. The van der Waals surface area contributed by atoms with E-state index in [0.29, 0.717) is 18.3 Å². The van der Waals surface area contributed by atoms with Crippen LogP contribution in [-0.2, 0) is 11.5 Å². The van der Waals surface area contributed by atoms with Crippen molar-refractivity contribution in [3.05, 3.63) is 48.4 Å². The van der Waals surface area contributed by atoms with Crippen LogP contribution in [0.2, 0.25) is 25.7 Å². The van der Waals surface area contributed by atoms with Crippen LogP contribution in [0.25, 0.3) is 11.0 Å². The van der Waals surface area contributed by atoms with Crippen molar-refractivity contribution >= 4 is 30.6 Å². The highest BCUT2D eigenvalue weighted by molar-refractivity contribution is 6.76. The van der Waals surface area contributed by atoms with Gasteiger partial charge in [0.05, 0.1) is 17.0 Å². The molecule has 3 heterocycles. The van der Waals surface area contributed by atoms with Gasteiger partial charge in [0.1, 0.15) is 24.5 Å². The van der Waals surface area contributed by atoms with Gasteiger partial charge in [0.25, 0.3) is 0 Å². The van der Waals surface area contributed by atoms with Gasteiger partial charge in [-0.3, -0.25) is 0 Å². The molecule has 1 saturated heterocycles. The first-order valence-corrected chi connectivity index (χ1v) is 14.9. The Labute approximate surface area is 191 Å². The van der Waals surface area contributed by atoms with Crippen LogP contribution in [0.5, 0.6) is 0 Å². The molecule has 0 amide bonds. The van der Waals surface area contributed by atoms with E-state index < -0.39 is 8.07 Å². The van der Waals surface area contributed by atoms with Crippen LogP contribution in [0.3, 0.4) is 0 Å². The molecule has 1 fully saturated rings. The van der Waals surface area contributed by atoms with Crippen LogP contribution in [0.1, 0.15) is 12.0 Å². The average Bonchev–Trinajstić information content (AvgIpc) is 3.43. The van der Waals surface area contributed by atoms with Crippen molar-refractivity contribution in [2.24, 2.45) is 0 Å². The third-order valence-corrected chi connectivity index (χ3v) is 7.86. The quantitative estimate of drug-likeness (QED) is 0.377. The number of fused-ring (bicyclic) bond motifs is 1. The fourth-order valence-electron chi connectivity index (χ4n) is 4.14. The Balaban J connectivity index is 1.45. The third kappa shape index (κ3) is 4.95. The second-order valence-electron chi connectivity index (χ2n) is 9.73. The van der Waals surface area contributed by atoms with E-state index in [4.69, 9.17) is 4.74 Å². The minimum Gasteiger partial charge on any atom is -0.370 e. The SMILES string of the molecule is CN(c1cccc(C#N)c1)[C@@H]1CCN(c2ncnc3c2ccn3COCC[Si](C)(C)C)C1. The van der Waals surface area contributed by atoms with Crippen LogP contribution >= 0.6 is 0 Å². The lowest BCUT2D eigenvalue weighted by atomic mass is 10.1. The van der Waals surface area contributed by atoms with Crippen molar-refractivity contribution in [2.45, 2.75) is 44.9 Å². The summed E-state index contributed by atoms with van der Waals surface area (Å²) in [6.45, 7) is 10.2. The highest BCUT2D eigenvalue weighted by atomic mass is 28.3. The number of nitrogens with zero attached hydrogens (tertiary/aromatic N) is 6. The molecule has 168 valence electrons. The summed E-state index contributed by atoms with van der Waals surface area (Å²) in [5.41, 5.74) is 2.68. The zero-order chi connectivity index (χ0) is 22.7. The van der Waals surface area contributed by atoms with Gasteiger partial charge in [0.2, 0.25) is 0 Å². The summed E-state index contributed by atoms with van der Waals surface area (Å²) in [6, 6.07) is 13.7. The van der Waals surface area contributed by atoms with Crippen LogP contribution in [0, 0.1) is 11.3 Å². The van der Waals surface area contributed by atoms with Gasteiger partial charge < -0.3 is 19.1 Å². The number of hydrogen-bond donors (Lipinski definition) is 0. The summed E-state index contributed by atoms with van der Waals surface area (Å²) in [7, 11) is 1.01. The molecule has 1 aromatic carbocycles. The molecule has 4 rings (SSSR count). The van der Waals surface area contributed by atoms with Gasteiger partial charge in [-0.1, -0.05) is 25.7 Å². The van der Waals surface area contributed by atoms with Crippen LogP contribution in [0.15, 0.2) is 42.9 Å². The summed E-state index contributed by atoms with van der Waals surface area (Å²) in [5.74, 6) is 0.984. The standard InChI is InChI=1S/C24H32N6OSi/c1-28(20-7-5-6-19(14-20)15-25)21-8-10-29(16-21)23-22-9-11-30(24(22)27-17-26-23)18-31-12-13-32(2,3)4/h5-7,9,11,14,17,21H,8,10,12-13,16,18H2,1-4H3/t21-/m1/s1. The molecule has 0 radical (unpaired) electrons. The van der Waals surface area contributed by atoms with Gasteiger partial charge in [-0.2, -0.15) is 5.26 Å². The predicted molar refractivity (Wildman–Crippen MR) is 132 cm³/mol. The lowest BCUT2D eigenvalue weighted by Gasteiger charge is -2.27. The highest BCUT2D eigenvalue weighted by Crippen LogP contribution is 2.29. The van der Waals surface area contributed by atoms with Crippen molar-refractivity contribution in [3.8, 4) is 6.07 Å². The number of nitriles is 1. The first kappa shape index (κ1) is 22.3. The molecule has 0 aliphatic carbocycles. The Morgan fingerprint density at radius 2 is 2.09 bits per heavy atom. The van der Waals surface area contributed by atoms with Gasteiger partial charge in [-0.05, 0) is 36.7 Å². The molecular weight excluding hydrogens is 416 g/mol. The monoisotopic (exact) mass is 448 g/mol. The molecule has 7 nitrogen and oxygen atoms in total. The smallest absolute Gasteiger partial charge is 0.147 e. The molecule has 3 aromatic rings. The van der Waals surface area contributed by atoms with E-state index in [0.717, 1.165) is 54.7 Å². The first-order valence-electron chi connectivity index (χ1n) is 11.2. The Hall–Kier alpha value is -2.89. The first-order chi connectivity index (χ1) is 15.4. The molecule has 2 aromatic heterocycles. The van der Waals surface area contributed by atoms with E-state index in [1.54, 1.807) is 6.33 Å². The summed E-state index contributed by atoms with van der Waals surface area (Å²) >= 11 is 0. The number of rotatable bonds is 8. The van der Waals surface area contributed by atoms with Gasteiger partial charge in [-0.15, -0.1) is 0 Å². The molecule has 1 aliphatic rings. The van der Waals surface area contributed by atoms with Crippen molar-refractivity contribution in [2.75, 3.05) is 36.5 Å². The van der Waals surface area contributed by atoms with E-state index in [2.05, 4.69) is 69.2 Å². The number of likely N-dealkylation sites (N-methyl/N-ethyl adjacent to an activating group) is 1. The van der Waals surface area contributed by atoms with Gasteiger partial charge >= 0.3 is 0 Å². The predicted octanol–water partition coefficient (Wildman–Crippen LogP) is 4.33. The van der Waals surface area contributed by atoms with Crippen molar-refractivity contribution in [3.63, 3.8) is 0 Å². The van der Waals surface area contributed by atoms with Crippen LogP contribution in [0.4, 0.5) is 11.5 Å². The maximum atomic E-state index is 9.21. The minimum absolute atomic E-state index is 0.362. The fourth-order valence-corrected chi connectivity index (χ4v) is 4.90. The molecular formula is C24H32N6OSi. The number of benzene rings is 1. The lowest BCUT2D eigenvalue weighted by Crippen LogP contribution is -2.34. The lowest BCUT2D eigenvalue weighted by molar-refractivity contribution is 0.0899. The fraction of sp³-hybridized carbons (Fsp3) is 0.458. The average molecular weight is 449 g/mol. The van der Waals surface area contributed by atoms with E-state index in [-0.39, 0.29) is 0 Å². The van der Waals surface area contributed by atoms with Crippen LogP contribution < -0.4 is 9.80 Å². The normalized spacial score (nSPS) is 16.5. The zero-order valence-electron chi connectivity index (χ0n) is 19.5. The second-order valence-corrected chi connectivity index (χ2v) is 15.4. The number of ether oxygens (including phenoxy) is 1. The van der Waals surface area contributed by atoms with Crippen molar-refractivity contribution in [1.29, 1.82) is 5.26 Å². The maximum absolute atomic E-state index is 9.21. The van der Waals surface area contributed by atoms with E-state index in [1.165, 1.54) is 0 Å². The molecule has 0 saturated carbocycles. The second kappa shape index (κ2) is 9.31. The molecule has 1 atom stereocenters. The highest BCUT2D eigenvalue weighted by Gasteiger charge is 2.28. The van der Waals surface area contributed by atoms with Crippen molar-refractivity contribution < 1.29 is 4.74 Å². The van der Waals surface area contributed by atoms with Crippen LogP contribution in [-0.4, -0.2) is 55.4 Å². The summed E-state index contributed by atoms with van der Waals surface area (Å²) in [5, 5.41) is 10.3. The maximum Gasteiger partial charge on any atom is 0.147 e. The molecule has 1 aliphatic heterocycles. The Bertz CT molecular complexity index is 1120. The van der Waals surface area contributed by atoms with Gasteiger partial charge in [0, 0.05) is 52.7 Å². The largest absolute Gasteiger partial charge is 0.370 e. The molecule has 0 bridgehead atoms. The van der Waals surface area contributed by atoms with Crippen molar-refractivity contribution in [1.82, 2.24) is 14.5 Å². The Morgan fingerprint density at radius 3 is 2.88 bits per heavy atom. The number of hydrogen-bond acceptors (Lipinski definition) is 6. The third-order valence-electron chi connectivity index (χ3n) is 6.15. The molecule has 8 heteroatoms. The number of anilines is 2. The molecule has 0 spiro atoms. The minimum atomic E-state index is -1.09. The van der Waals surface area contributed by atoms with E-state index in [1.807, 2.05) is 24.4 Å². The zero-order valence-corrected chi connectivity index (χ0v) is 20.5. The Morgan fingerprint density at radius 1 is 1.25 bits per heavy atom. The summed E-state index contributed by atoms with van der Waals surface area (Å²) in [6.07, 6.45) is 4.74. The molecule has 32 heavy (non-hydrogen) atoms. The van der Waals surface area contributed by atoms with Gasteiger partial charge in [0.15, 0.2) is 0 Å². The van der Waals surface area contributed by atoms with E-state index >= 15 is 0 Å². The summed E-state index contributed by atoms with van der Waals surface area (Å²) in [4.78, 5) is 13.8. The summed E-state index contributed by atoms with van der Waals surface area (Å²) < 4.78 is 8.01. The molecule has 0 N–H and O–H groups in total. The Kier molecular flexibility index (Phi) is 6.49.